The summed E-state index contributed by atoms with van der Waals surface area (Å²) < 4.78 is 16.3. The lowest BCUT2D eigenvalue weighted by Crippen LogP contribution is -2.17. The molecule has 0 spiro atoms. The van der Waals surface area contributed by atoms with Crippen molar-refractivity contribution < 1.29 is 28.6 Å². The maximum atomic E-state index is 11.8. The van der Waals surface area contributed by atoms with E-state index in [1.54, 1.807) is 31.2 Å². The smallest absolute Gasteiger partial charge is 0.347 e. The summed E-state index contributed by atoms with van der Waals surface area (Å²) >= 11 is 4.55. The van der Waals surface area contributed by atoms with E-state index in [1.807, 2.05) is 6.07 Å². The molecule has 0 unspecified atom stereocenters. The topological polar surface area (TPSA) is 83.4 Å². The van der Waals surface area contributed by atoms with Crippen molar-refractivity contribution in [3.05, 3.63) is 44.6 Å². The molecule has 0 saturated carbocycles. The lowest BCUT2D eigenvalue weighted by molar-refractivity contribution is -0.147. The van der Waals surface area contributed by atoms with Crippen LogP contribution in [0.1, 0.15) is 22.2 Å². The first kappa shape index (κ1) is 18.4. The van der Waals surface area contributed by atoms with Gasteiger partial charge < -0.3 is 19.0 Å². The summed E-state index contributed by atoms with van der Waals surface area (Å²) in [5, 5.41) is 3.88. The third kappa shape index (κ3) is 4.61. The summed E-state index contributed by atoms with van der Waals surface area (Å²) in [7, 11) is 0. The molecule has 1 aliphatic heterocycles. The van der Waals surface area contributed by atoms with Crippen molar-refractivity contribution in [2.75, 3.05) is 20.0 Å². The average Bonchev–Trinajstić information content (AvgIpc) is 3.27. The number of hydrogen-bond acceptors (Lipinski definition) is 8. The quantitative estimate of drug-likeness (QED) is 0.284. The minimum absolute atomic E-state index is 0.193. The number of nitrogens with zero attached hydrogens (tertiary/aromatic N) is 1. The van der Waals surface area contributed by atoms with Gasteiger partial charge in [-0.15, -0.1) is 11.3 Å². The predicted octanol–water partition coefficient (Wildman–Crippen LogP) is 3.41. The fraction of sp³-hybridized carbons (Fsp3) is 0.235. The number of carbonyl (C=O) groups excluding carboxylic acids is 2. The Morgan fingerprint density at radius 3 is 2.77 bits per heavy atom. The number of Topliss-reactive ketones (excluding diaryl/α,β-unsaturated/α-hetero) is 1. The second-order valence-electron chi connectivity index (χ2n) is 5.21. The predicted molar refractivity (Wildman–Crippen MR) is 98.0 cm³/mol. The Balaban J connectivity index is 1.45. The van der Waals surface area contributed by atoms with E-state index in [0.717, 1.165) is 9.35 Å². The molecule has 7 nitrogen and oxygen atoms in total. The van der Waals surface area contributed by atoms with Crippen molar-refractivity contribution >= 4 is 44.7 Å². The third-order valence-electron chi connectivity index (χ3n) is 3.39. The Morgan fingerprint density at radius 1 is 1.19 bits per heavy atom. The summed E-state index contributed by atoms with van der Waals surface area (Å²) in [5.74, 6) is 0.369. The summed E-state index contributed by atoms with van der Waals surface area (Å²) in [6.07, 6.45) is 0. The molecule has 9 heteroatoms. The van der Waals surface area contributed by atoms with Crippen LogP contribution in [0.15, 0.2) is 39.3 Å². The van der Waals surface area contributed by atoms with Crippen LogP contribution in [0.3, 0.4) is 0 Å². The molecule has 0 N–H and O–H groups in total. The van der Waals surface area contributed by atoms with E-state index < -0.39 is 5.97 Å². The Labute approximate surface area is 161 Å². The number of benzene rings is 1. The molecule has 2 heterocycles. The van der Waals surface area contributed by atoms with Gasteiger partial charge in [0.2, 0.25) is 19.2 Å². The molecule has 1 aliphatic rings. The molecule has 0 amide bonds. The molecule has 2 aromatic rings. The Morgan fingerprint density at radius 2 is 2.00 bits per heavy atom. The van der Waals surface area contributed by atoms with Crippen molar-refractivity contribution in [3.63, 3.8) is 0 Å². The van der Waals surface area contributed by atoms with Gasteiger partial charge in [0, 0.05) is 5.56 Å². The van der Waals surface area contributed by atoms with Crippen LogP contribution in [0.5, 0.6) is 11.5 Å². The number of esters is 1. The molecule has 3 rings (SSSR count). The molecule has 0 fully saturated rings. The lowest BCUT2D eigenvalue weighted by Gasteiger charge is -2.04. The van der Waals surface area contributed by atoms with Crippen molar-refractivity contribution in [1.82, 2.24) is 0 Å². The number of rotatable bonds is 7. The molecule has 0 saturated heterocycles. The third-order valence-corrected chi connectivity index (χ3v) is 5.05. The van der Waals surface area contributed by atoms with Crippen LogP contribution in [0, 0.1) is 0 Å². The van der Waals surface area contributed by atoms with E-state index in [4.69, 9.17) is 19.0 Å². The van der Waals surface area contributed by atoms with Crippen molar-refractivity contribution in [2.24, 2.45) is 5.16 Å². The molecule has 1 aromatic carbocycles. The summed E-state index contributed by atoms with van der Waals surface area (Å²) in [4.78, 5) is 29.0. The highest BCUT2D eigenvalue weighted by Gasteiger charge is 2.15. The van der Waals surface area contributed by atoms with Crippen LogP contribution in [0.2, 0.25) is 0 Å². The Kier molecular flexibility index (Phi) is 5.89. The zero-order valence-corrected chi connectivity index (χ0v) is 16.1. The van der Waals surface area contributed by atoms with E-state index in [1.165, 1.54) is 11.3 Å². The first-order valence-electron chi connectivity index (χ1n) is 7.53. The number of hydrogen-bond donors (Lipinski definition) is 0. The van der Waals surface area contributed by atoms with Crippen molar-refractivity contribution in [2.45, 2.75) is 6.92 Å². The molecule has 1 aromatic heterocycles. The Hall–Kier alpha value is -2.39. The first-order valence-corrected chi connectivity index (χ1v) is 9.14. The van der Waals surface area contributed by atoms with E-state index in [-0.39, 0.29) is 25.8 Å². The number of carbonyl (C=O) groups is 2. The number of ketones is 1. The van der Waals surface area contributed by atoms with Crippen molar-refractivity contribution in [1.29, 1.82) is 0 Å². The van der Waals surface area contributed by atoms with Crippen LogP contribution in [-0.2, 0) is 14.4 Å². The Bertz CT molecular complexity index is 863. The fourth-order valence-corrected chi connectivity index (χ4v) is 3.39. The van der Waals surface area contributed by atoms with Gasteiger partial charge in [0.15, 0.2) is 18.1 Å². The van der Waals surface area contributed by atoms with Gasteiger partial charge in [-0.25, -0.2) is 4.79 Å². The number of thiophene rings is 1. The second-order valence-corrected chi connectivity index (χ2v) is 7.67. The van der Waals surface area contributed by atoms with Gasteiger partial charge in [-0.05, 0) is 53.2 Å². The van der Waals surface area contributed by atoms with Gasteiger partial charge >= 0.3 is 5.97 Å². The molecule has 0 radical (unpaired) electrons. The highest BCUT2D eigenvalue weighted by molar-refractivity contribution is 9.11. The highest BCUT2D eigenvalue weighted by atomic mass is 79.9. The minimum atomic E-state index is -0.670. The minimum Gasteiger partial charge on any atom is -0.455 e. The molecular weight excluding hydrogens is 426 g/mol. The van der Waals surface area contributed by atoms with Gasteiger partial charge in [-0.2, -0.15) is 0 Å². The SMILES string of the molecule is C/C(=N\OCC(=O)OCC(=O)c1ccc(Br)s1)c1ccc2c(c1)OCO2. The number of halogens is 1. The average molecular weight is 440 g/mol. The van der Waals surface area contributed by atoms with Crippen LogP contribution in [-0.4, -0.2) is 37.5 Å². The lowest BCUT2D eigenvalue weighted by atomic mass is 10.1. The molecule has 26 heavy (non-hydrogen) atoms. The van der Waals surface area contributed by atoms with Crippen LogP contribution in [0.4, 0.5) is 0 Å². The summed E-state index contributed by atoms with van der Waals surface area (Å²) in [6.45, 7) is 1.21. The molecule has 0 bridgehead atoms. The van der Waals surface area contributed by atoms with Crippen LogP contribution >= 0.6 is 27.3 Å². The molecule has 0 atom stereocenters. The fourth-order valence-electron chi connectivity index (χ4n) is 2.08. The van der Waals surface area contributed by atoms with Crippen LogP contribution < -0.4 is 9.47 Å². The highest BCUT2D eigenvalue weighted by Crippen LogP contribution is 2.32. The summed E-state index contributed by atoms with van der Waals surface area (Å²) in [6, 6.07) is 8.79. The summed E-state index contributed by atoms with van der Waals surface area (Å²) in [5.41, 5.74) is 1.34. The number of oxime groups is 1. The second kappa shape index (κ2) is 8.33. The van der Waals surface area contributed by atoms with E-state index in [2.05, 4.69) is 21.1 Å². The molecule has 136 valence electrons. The van der Waals surface area contributed by atoms with Gasteiger partial charge in [0.25, 0.3) is 0 Å². The molecule has 0 aliphatic carbocycles. The zero-order valence-electron chi connectivity index (χ0n) is 13.7. The van der Waals surface area contributed by atoms with Gasteiger partial charge in [-0.3, -0.25) is 4.79 Å². The molecular formula is C17H14BrNO6S. The van der Waals surface area contributed by atoms with E-state index in [9.17, 15) is 9.59 Å². The van der Waals surface area contributed by atoms with E-state index in [0.29, 0.717) is 22.1 Å². The van der Waals surface area contributed by atoms with Gasteiger partial charge in [0.1, 0.15) is 0 Å². The first-order chi connectivity index (χ1) is 12.5. The zero-order chi connectivity index (χ0) is 18.5. The standard InChI is InChI=1S/C17H14BrNO6S/c1-10(11-2-3-13-14(6-11)24-9-23-13)19-25-8-17(21)22-7-12(20)15-4-5-16(18)26-15/h2-6H,7-9H2,1H3/b19-10+. The number of fused-ring (bicyclic) bond motifs is 1. The maximum absolute atomic E-state index is 11.8. The van der Waals surface area contributed by atoms with Crippen LogP contribution in [0.25, 0.3) is 0 Å². The largest absolute Gasteiger partial charge is 0.455 e. The van der Waals surface area contributed by atoms with Gasteiger partial charge in [0.05, 0.1) is 14.4 Å². The number of ether oxygens (including phenoxy) is 3. The van der Waals surface area contributed by atoms with E-state index >= 15 is 0 Å². The monoisotopic (exact) mass is 439 g/mol. The normalized spacial score (nSPS) is 12.8. The van der Waals surface area contributed by atoms with Gasteiger partial charge in [-0.1, -0.05) is 5.16 Å². The van der Waals surface area contributed by atoms with Crippen molar-refractivity contribution in [3.8, 4) is 11.5 Å². The maximum Gasteiger partial charge on any atom is 0.347 e.